The molecule has 2 aromatic rings. The fourth-order valence-corrected chi connectivity index (χ4v) is 5.08. The highest BCUT2D eigenvalue weighted by atomic mass is 35.5. The van der Waals surface area contributed by atoms with E-state index < -0.39 is 17.7 Å². The van der Waals surface area contributed by atoms with Crippen molar-refractivity contribution in [1.29, 1.82) is 0 Å². The van der Waals surface area contributed by atoms with Gasteiger partial charge in [-0.1, -0.05) is 49.6 Å². The first kappa shape index (κ1) is 29.5. The summed E-state index contributed by atoms with van der Waals surface area (Å²) >= 11 is 0. The van der Waals surface area contributed by atoms with Gasteiger partial charge < -0.3 is 20.1 Å². The maximum atomic E-state index is 13.4. The minimum absolute atomic E-state index is 0. The van der Waals surface area contributed by atoms with Gasteiger partial charge in [0.25, 0.3) is 0 Å². The third-order valence-electron chi connectivity index (χ3n) is 7.47. The first-order chi connectivity index (χ1) is 17.7. The summed E-state index contributed by atoms with van der Waals surface area (Å²) in [6, 6.07) is 15.1. The molecule has 2 fully saturated rings. The molecular weight excluding hydrogens is 502 g/mol. The standard InChI is InChI=1S/C30H37N3O4.ClH/c1-5-6-17-33-28(35)26(27(34)21(2)3)31-29(36)30(33)15-18-32(19-16-30)20-23-9-13-25(14-10-23)37-24-11-7-22(4)8-12-24;/h7-14,21,26-27,34H,15-20H2,1-4H3,(H,31,36);1H/t26-,27-;/m1./s1. The van der Waals surface area contributed by atoms with E-state index in [1.165, 1.54) is 5.56 Å². The molecule has 0 saturated carbocycles. The third-order valence-corrected chi connectivity index (χ3v) is 7.47. The van der Waals surface area contributed by atoms with Crippen LogP contribution in [0.4, 0.5) is 0 Å². The number of hydrogen-bond acceptors (Lipinski definition) is 5. The van der Waals surface area contributed by atoms with E-state index in [-0.39, 0.29) is 36.7 Å². The number of hydrogen-bond donors (Lipinski definition) is 2. The van der Waals surface area contributed by atoms with Crippen molar-refractivity contribution in [2.75, 3.05) is 19.6 Å². The van der Waals surface area contributed by atoms with Crippen LogP contribution < -0.4 is 10.1 Å². The van der Waals surface area contributed by atoms with E-state index in [4.69, 9.17) is 4.74 Å². The number of carbonyl (C=O) groups is 2. The molecule has 0 aromatic heterocycles. The number of likely N-dealkylation sites (tertiary alicyclic amines) is 1. The van der Waals surface area contributed by atoms with Crippen molar-refractivity contribution in [3.05, 3.63) is 59.7 Å². The Bertz CT molecular complexity index is 1160. The van der Waals surface area contributed by atoms with Crippen LogP contribution in [0.2, 0.25) is 0 Å². The van der Waals surface area contributed by atoms with Crippen molar-refractivity contribution in [3.63, 3.8) is 0 Å². The second-order valence-electron chi connectivity index (χ2n) is 10.4. The molecule has 38 heavy (non-hydrogen) atoms. The van der Waals surface area contributed by atoms with E-state index in [1.807, 2.05) is 57.2 Å². The predicted octanol–water partition coefficient (Wildman–Crippen LogP) is 3.91. The van der Waals surface area contributed by atoms with Crippen LogP contribution in [0.5, 0.6) is 11.5 Å². The SMILES string of the molecule is CC#CCN1C(=O)[C@@H]([C@H](O)C(C)C)NC(=O)C12CCN(Cc1ccc(Oc3ccc(C)cc3)cc1)CC2.Cl. The third kappa shape index (κ3) is 6.32. The molecule has 1 spiro atoms. The second-order valence-corrected chi connectivity index (χ2v) is 10.4. The van der Waals surface area contributed by atoms with E-state index in [9.17, 15) is 14.7 Å². The Labute approximate surface area is 231 Å². The Morgan fingerprint density at radius 3 is 2.18 bits per heavy atom. The number of nitrogens with one attached hydrogen (secondary N) is 1. The molecule has 2 aromatic carbocycles. The first-order valence-electron chi connectivity index (χ1n) is 13.0. The maximum Gasteiger partial charge on any atom is 0.249 e. The number of aliphatic hydroxyl groups is 1. The van der Waals surface area contributed by atoms with Crippen molar-refractivity contribution < 1.29 is 19.4 Å². The van der Waals surface area contributed by atoms with Gasteiger partial charge in [0.2, 0.25) is 11.8 Å². The number of halogens is 1. The fourth-order valence-electron chi connectivity index (χ4n) is 5.08. The summed E-state index contributed by atoms with van der Waals surface area (Å²) in [5.74, 6) is 6.82. The monoisotopic (exact) mass is 539 g/mol. The quantitative estimate of drug-likeness (QED) is 0.521. The van der Waals surface area contributed by atoms with Gasteiger partial charge in [0.05, 0.1) is 12.6 Å². The minimum atomic E-state index is -0.941. The molecule has 2 aliphatic heterocycles. The lowest BCUT2D eigenvalue weighted by Gasteiger charge is -2.51. The Hall–Kier alpha value is -3.05. The molecule has 2 saturated heterocycles. The summed E-state index contributed by atoms with van der Waals surface area (Å²) in [6.45, 7) is 9.73. The lowest BCUT2D eigenvalue weighted by molar-refractivity contribution is -0.164. The zero-order chi connectivity index (χ0) is 26.6. The number of carbonyl (C=O) groups excluding carboxylic acids is 2. The molecule has 4 rings (SSSR count). The molecule has 7 nitrogen and oxygen atoms in total. The molecule has 8 heteroatoms. The summed E-state index contributed by atoms with van der Waals surface area (Å²) in [4.78, 5) is 30.7. The van der Waals surface area contributed by atoms with Gasteiger partial charge in [-0.3, -0.25) is 14.5 Å². The number of amides is 2. The number of ether oxygens (including phenoxy) is 1. The van der Waals surface area contributed by atoms with Crippen molar-refractivity contribution in [2.24, 2.45) is 5.92 Å². The normalized spacial score (nSPS) is 19.8. The predicted molar refractivity (Wildman–Crippen MR) is 150 cm³/mol. The topological polar surface area (TPSA) is 82.1 Å². The van der Waals surface area contributed by atoms with Crippen molar-refractivity contribution in [2.45, 2.75) is 64.8 Å². The molecule has 2 amide bonds. The van der Waals surface area contributed by atoms with Crippen molar-refractivity contribution >= 4 is 24.2 Å². The van der Waals surface area contributed by atoms with Gasteiger partial charge in [0, 0.05) is 19.6 Å². The number of aliphatic hydroxyl groups excluding tert-OH is 1. The molecule has 0 radical (unpaired) electrons. The van der Waals surface area contributed by atoms with E-state index in [0.29, 0.717) is 25.9 Å². The Morgan fingerprint density at radius 1 is 1.05 bits per heavy atom. The number of benzene rings is 2. The van der Waals surface area contributed by atoms with Gasteiger partial charge in [-0.15, -0.1) is 18.3 Å². The highest BCUT2D eigenvalue weighted by molar-refractivity contribution is 6.00. The average molecular weight is 540 g/mol. The van der Waals surface area contributed by atoms with Gasteiger partial charge in [0.15, 0.2) is 0 Å². The maximum absolute atomic E-state index is 13.4. The van der Waals surface area contributed by atoms with Gasteiger partial charge in [-0.05, 0) is 62.4 Å². The van der Waals surface area contributed by atoms with Crippen LogP contribution in [0, 0.1) is 24.7 Å². The van der Waals surface area contributed by atoms with E-state index in [0.717, 1.165) is 23.6 Å². The number of aryl methyl sites for hydroxylation is 1. The Kier molecular flexibility index (Phi) is 9.83. The number of piperazine rings is 1. The zero-order valence-electron chi connectivity index (χ0n) is 22.6. The van der Waals surface area contributed by atoms with Gasteiger partial charge in [-0.25, -0.2) is 0 Å². The summed E-state index contributed by atoms with van der Waals surface area (Å²) in [5, 5.41) is 13.4. The molecular formula is C30H38ClN3O4. The molecule has 2 N–H and O–H groups in total. The number of nitrogens with zero attached hydrogens (tertiary/aromatic N) is 2. The summed E-state index contributed by atoms with van der Waals surface area (Å²) in [7, 11) is 0. The molecule has 204 valence electrons. The van der Waals surface area contributed by atoms with Crippen molar-refractivity contribution in [3.8, 4) is 23.3 Å². The molecule has 0 unspecified atom stereocenters. The van der Waals surface area contributed by atoms with Crippen LogP contribution in [0.15, 0.2) is 48.5 Å². The van der Waals surface area contributed by atoms with Crippen LogP contribution in [-0.4, -0.2) is 64.0 Å². The summed E-state index contributed by atoms with van der Waals surface area (Å²) in [6.07, 6.45) is 0.105. The van der Waals surface area contributed by atoms with Crippen LogP contribution in [0.25, 0.3) is 0 Å². The van der Waals surface area contributed by atoms with E-state index in [1.54, 1.807) is 11.8 Å². The molecule has 0 bridgehead atoms. The Balaban J connectivity index is 0.00000400. The van der Waals surface area contributed by atoms with Crippen LogP contribution in [-0.2, 0) is 16.1 Å². The minimum Gasteiger partial charge on any atom is -0.457 e. The van der Waals surface area contributed by atoms with Crippen molar-refractivity contribution in [1.82, 2.24) is 15.1 Å². The molecule has 2 aliphatic rings. The first-order valence-corrected chi connectivity index (χ1v) is 13.0. The highest BCUT2D eigenvalue weighted by Crippen LogP contribution is 2.34. The van der Waals surface area contributed by atoms with Crippen LogP contribution in [0.1, 0.15) is 44.7 Å². The number of piperidine rings is 1. The largest absolute Gasteiger partial charge is 0.457 e. The van der Waals surface area contributed by atoms with E-state index >= 15 is 0 Å². The lowest BCUT2D eigenvalue weighted by atomic mass is 9.80. The number of rotatable bonds is 7. The molecule has 2 atom stereocenters. The van der Waals surface area contributed by atoms with Gasteiger partial charge >= 0.3 is 0 Å². The summed E-state index contributed by atoms with van der Waals surface area (Å²) < 4.78 is 5.94. The summed E-state index contributed by atoms with van der Waals surface area (Å²) in [5.41, 5.74) is 1.41. The van der Waals surface area contributed by atoms with E-state index in [2.05, 4.69) is 34.2 Å². The fraction of sp³-hybridized carbons (Fsp3) is 0.467. The average Bonchev–Trinajstić information content (AvgIpc) is 2.89. The second kappa shape index (κ2) is 12.7. The zero-order valence-corrected chi connectivity index (χ0v) is 23.4. The van der Waals surface area contributed by atoms with Gasteiger partial charge in [-0.2, -0.15) is 0 Å². The van der Waals surface area contributed by atoms with Crippen LogP contribution >= 0.6 is 12.4 Å². The lowest BCUT2D eigenvalue weighted by Crippen LogP contribution is -2.74. The molecule has 2 heterocycles. The van der Waals surface area contributed by atoms with Crippen LogP contribution in [0.3, 0.4) is 0 Å². The molecule has 0 aliphatic carbocycles. The van der Waals surface area contributed by atoms with Gasteiger partial charge in [0.1, 0.15) is 23.1 Å². The Morgan fingerprint density at radius 2 is 1.63 bits per heavy atom. The smallest absolute Gasteiger partial charge is 0.249 e. The highest BCUT2D eigenvalue weighted by Gasteiger charge is 2.54.